The second kappa shape index (κ2) is 7.87. The Labute approximate surface area is 134 Å². The summed E-state index contributed by atoms with van der Waals surface area (Å²) < 4.78 is 0. The zero-order chi connectivity index (χ0) is 16.7. The van der Waals surface area contributed by atoms with Crippen molar-refractivity contribution in [2.24, 2.45) is 0 Å². The SMILES string of the molecule is O=C(O)C=Cc1ccc(C=CC(=O)c2cccc(CO)c2)cc1. The molecule has 2 rings (SSSR count). The third kappa shape index (κ3) is 5.05. The normalized spacial score (nSPS) is 11.2. The Balaban J connectivity index is 2.07. The van der Waals surface area contributed by atoms with Crippen LogP contribution in [0.5, 0.6) is 0 Å². The van der Waals surface area contributed by atoms with Crippen LogP contribution in [0.3, 0.4) is 0 Å². The number of carbonyl (C=O) groups excluding carboxylic acids is 1. The molecule has 0 saturated carbocycles. The molecular weight excluding hydrogens is 292 g/mol. The average Bonchev–Trinajstić information content (AvgIpc) is 2.58. The molecule has 0 aliphatic heterocycles. The number of hydrogen-bond acceptors (Lipinski definition) is 3. The van der Waals surface area contributed by atoms with E-state index in [1.54, 1.807) is 54.6 Å². The highest BCUT2D eigenvalue weighted by Crippen LogP contribution is 2.10. The molecule has 0 aliphatic rings. The van der Waals surface area contributed by atoms with Gasteiger partial charge in [-0.25, -0.2) is 4.79 Å². The molecule has 0 amide bonds. The summed E-state index contributed by atoms with van der Waals surface area (Å²) in [4.78, 5) is 22.5. The standard InChI is InChI=1S/C19H16O4/c20-13-16-2-1-3-17(12-16)18(21)10-8-14-4-6-15(7-5-14)9-11-19(22)23/h1-12,20H,13H2,(H,22,23). The van der Waals surface area contributed by atoms with E-state index >= 15 is 0 Å². The summed E-state index contributed by atoms with van der Waals surface area (Å²) in [7, 11) is 0. The number of aliphatic hydroxyl groups is 1. The average molecular weight is 308 g/mol. The summed E-state index contributed by atoms with van der Waals surface area (Å²) in [5.41, 5.74) is 2.82. The van der Waals surface area contributed by atoms with Crippen LogP contribution in [0.25, 0.3) is 12.2 Å². The van der Waals surface area contributed by atoms with Crippen molar-refractivity contribution in [3.63, 3.8) is 0 Å². The Morgan fingerprint density at radius 2 is 1.52 bits per heavy atom. The zero-order valence-corrected chi connectivity index (χ0v) is 12.3. The monoisotopic (exact) mass is 308 g/mol. The van der Waals surface area contributed by atoms with Gasteiger partial charge in [0.05, 0.1) is 6.61 Å². The minimum absolute atomic E-state index is 0.101. The van der Waals surface area contributed by atoms with Crippen molar-refractivity contribution in [3.05, 3.63) is 82.9 Å². The van der Waals surface area contributed by atoms with Crippen LogP contribution >= 0.6 is 0 Å². The lowest BCUT2D eigenvalue weighted by atomic mass is 10.1. The van der Waals surface area contributed by atoms with Crippen molar-refractivity contribution in [1.29, 1.82) is 0 Å². The minimum atomic E-state index is -0.996. The lowest BCUT2D eigenvalue weighted by Gasteiger charge is -2.00. The number of aliphatic carboxylic acids is 1. The van der Waals surface area contributed by atoms with Crippen LogP contribution in [0.2, 0.25) is 0 Å². The van der Waals surface area contributed by atoms with Gasteiger partial charge in [-0.15, -0.1) is 0 Å². The highest BCUT2D eigenvalue weighted by molar-refractivity contribution is 6.06. The Hall–Kier alpha value is -2.98. The molecule has 4 nitrogen and oxygen atoms in total. The molecule has 0 spiro atoms. The smallest absolute Gasteiger partial charge is 0.328 e. The van der Waals surface area contributed by atoms with Crippen LogP contribution in [0.4, 0.5) is 0 Å². The number of allylic oxidation sites excluding steroid dienone is 1. The molecule has 0 aliphatic carbocycles. The summed E-state index contributed by atoms with van der Waals surface area (Å²) in [6, 6.07) is 14.0. The van der Waals surface area contributed by atoms with Gasteiger partial charge in [-0.05, 0) is 34.9 Å². The van der Waals surface area contributed by atoms with Crippen LogP contribution < -0.4 is 0 Å². The molecule has 23 heavy (non-hydrogen) atoms. The molecule has 4 heteroatoms. The molecule has 0 fully saturated rings. The van der Waals surface area contributed by atoms with Crippen LogP contribution in [0.15, 0.2) is 60.7 Å². The maximum atomic E-state index is 12.1. The minimum Gasteiger partial charge on any atom is -0.478 e. The molecule has 0 heterocycles. The molecule has 0 atom stereocenters. The maximum Gasteiger partial charge on any atom is 0.328 e. The van der Waals surface area contributed by atoms with Crippen molar-refractivity contribution >= 4 is 23.9 Å². The first kappa shape index (κ1) is 16.4. The van der Waals surface area contributed by atoms with Crippen LogP contribution in [0, 0.1) is 0 Å². The van der Waals surface area contributed by atoms with Gasteiger partial charge in [0, 0.05) is 11.6 Å². The number of carbonyl (C=O) groups is 2. The lowest BCUT2D eigenvalue weighted by molar-refractivity contribution is -0.131. The van der Waals surface area contributed by atoms with Gasteiger partial charge in [0.1, 0.15) is 0 Å². The van der Waals surface area contributed by atoms with Crippen LogP contribution in [0.1, 0.15) is 27.0 Å². The third-order valence-corrected chi connectivity index (χ3v) is 3.18. The predicted octanol–water partition coefficient (Wildman–Crippen LogP) is 3.17. The van der Waals surface area contributed by atoms with Crippen molar-refractivity contribution in [1.82, 2.24) is 0 Å². The fourth-order valence-electron chi connectivity index (χ4n) is 1.98. The summed E-state index contributed by atoms with van der Waals surface area (Å²) in [6.45, 7) is -0.101. The molecule has 0 radical (unpaired) electrons. The van der Waals surface area contributed by atoms with E-state index in [4.69, 9.17) is 10.2 Å². The Bertz CT molecular complexity index is 755. The van der Waals surface area contributed by atoms with Gasteiger partial charge in [0.15, 0.2) is 5.78 Å². The van der Waals surface area contributed by atoms with Gasteiger partial charge >= 0.3 is 5.97 Å². The summed E-state index contributed by atoms with van der Waals surface area (Å²) in [6.07, 6.45) is 5.74. The number of carboxylic acid groups (broad SMARTS) is 1. The molecule has 2 aromatic carbocycles. The van der Waals surface area contributed by atoms with Crippen molar-refractivity contribution in [2.75, 3.05) is 0 Å². The molecule has 0 aromatic heterocycles. The molecule has 2 aromatic rings. The number of benzene rings is 2. The first-order chi connectivity index (χ1) is 11.1. The number of ketones is 1. The van der Waals surface area contributed by atoms with E-state index in [1.165, 1.54) is 12.2 Å². The lowest BCUT2D eigenvalue weighted by Crippen LogP contribution is -1.95. The zero-order valence-electron chi connectivity index (χ0n) is 12.3. The molecule has 2 N–H and O–H groups in total. The van der Waals surface area contributed by atoms with E-state index in [0.29, 0.717) is 11.1 Å². The first-order valence-corrected chi connectivity index (χ1v) is 7.02. The summed E-state index contributed by atoms with van der Waals surface area (Å²) >= 11 is 0. The van der Waals surface area contributed by atoms with E-state index in [0.717, 1.165) is 17.2 Å². The van der Waals surface area contributed by atoms with Gasteiger partial charge < -0.3 is 10.2 Å². The Morgan fingerprint density at radius 3 is 2.09 bits per heavy atom. The molecule has 0 saturated heterocycles. The largest absolute Gasteiger partial charge is 0.478 e. The van der Waals surface area contributed by atoms with E-state index in [-0.39, 0.29) is 12.4 Å². The van der Waals surface area contributed by atoms with Gasteiger partial charge in [-0.2, -0.15) is 0 Å². The molecule has 0 unspecified atom stereocenters. The number of aliphatic hydroxyl groups excluding tert-OH is 1. The van der Waals surface area contributed by atoms with Gasteiger partial charge in [0.2, 0.25) is 0 Å². The molecule has 116 valence electrons. The van der Waals surface area contributed by atoms with E-state index < -0.39 is 5.97 Å². The second-order valence-corrected chi connectivity index (χ2v) is 4.89. The Morgan fingerprint density at radius 1 is 0.913 bits per heavy atom. The number of carboxylic acids is 1. The van der Waals surface area contributed by atoms with Gasteiger partial charge in [-0.1, -0.05) is 48.5 Å². The number of rotatable bonds is 6. The highest BCUT2D eigenvalue weighted by Gasteiger charge is 2.02. The highest BCUT2D eigenvalue weighted by atomic mass is 16.4. The second-order valence-electron chi connectivity index (χ2n) is 4.89. The summed E-state index contributed by atoms with van der Waals surface area (Å²) in [5.74, 6) is -1.14. The first-order valence-electron chi connectivity index (χ1n) is 7.02. The maximum absolute atomic E-state index is 12.1. The van der Waals surface area contributed by atoms with Crippen LogP contribution in [-0.2, 0) is 11.4 Å². The third-order valence-electron chi connectivity index (χ3n) is 3.18. The molecular formula is C19H16O4. The summed E-state index contributed by atoms with van der Waals surface area (Å²) in [5, 5.41) is 17.7. The Kier molecular flexibility index (Phi) is 5.61. The van der Waals surface area contributed by atoms with Crippen molar-refractivity contribution in [2.45, 2.75) is 6.61 Å². The predicted molar refractivity (Wildman–Crippen MR) is 88.8 cm³/mol. The fraction of sp³-hybridized carbons (Fsp3) is 0.0526. The van der Waals surface area contributed by atoms with Crippen molar-refractivity contribution in [3.8, 4) is 0 Å². The van der Waals surface area contributed by atoms with E-state index in [9.17, 15) is 9.59 Å². The van der Waals surface area contributed by atoms with Gasteiger partial charge in [0.25, 0.3) is 0 Å². The van der Waals surface area contributed by atoms with E-state index in [2.05, 4.69) is 0 Å². The van der Waals surface area contributed by atoms with Crippen molar-refractivity contribution < 1.29 is 19.8 Å². The van der Waals surface area contributed by atoms with E-state index in [1.807, 2.05) is 0 Å². The number of hydrogen-bond donors (Lipinski definition) is 2. The topological polar surface area (TPSA) is 74.6 Å². The quantitative estimate of drug-likeness (QED) is 0.635. The molecule has 0 bridgehead atoms. The fourth-order valence-corrected chi connectivity index (χ4v) is 1.98. The van der Waals surface area contributed by atoms with Crippen LogP contribution in [-0.4, -0.2) is 22.0 Å². The van der Waals surface area contributed by atoms with Gasteiger partial charge in [-0.3, -0.25) is 4.79 Å².